The second kappa shape index (κ2) is 4.75. The minimum absolute atomic E-state index is 0.228. The molecule has 2 aromatic rings. The van der Waals surface area contributed by atoms with Crippen LogP contribution in [0.2, 0.25) is 5.02 Å². The number of pyridine rings is 1. The van der Waals surface area contributed by atoms with Crippen molar-refractivity contribution in [1.82, 2.24) is 4.98 Å². The third-order valence-corrected chi connectivity index (χ3v) is 3.65. The summed E-state index contributed by atoms with van der Waals surface area (Å²) in [4.78, 5) is 6.57. The minimum atomic E-state index is -0.228. The zero-order valence-corrected chi connectivity index (χ0v) is 10.8. The number of aliphatic hydroxyl groups excluding tert-OH is 1. The summed E-state index contributed by atoms with van der Waals surface area (Å²) in [5, 5.41) is 11.6. The van der Waals surface area contributed by atoms with Gasteiger partial charge >= 0.3 is 0 Å². The van der Waals surface area contributed by atoms with Crippen LogP contribution in [0.25, 0.3) is 10.9 Å². The zero-order valence-electron chi connectivity index (χ0n) is 10.0. The van der Waals surface area contributed by atoms with Crippen molar-refractivity contribution >= 4 is 28.2 Å². The molecule has 1 N–H and O–H groups in total. The first kappa shape index (κ1) is 11.8. The number of rotatable bonds is 1. The lowest BCUT2D eigenvalue weighted by atomic mass is 10.1. The number of hydrogen-bond acceptors (Lipinski definition) is 3. The molecule has 1 aliphatic rings. The average molecular weight is 263 g/mol. The summed E-state index contributed by atoms with van der Waals surface area (Å²) in [6.07, 6.45) is 3.49. The first-order chi connectivity index (χ1) is 8.74. The van der Waals surface area contributed by atoms with Gasteiger partial charge in [-0.1, -0.05) is 11.6 Å². The lowest BCUT2D eigenvalue weighted by molar-refractivity contribution is 0.154. The van der Waals surface area contributed by atoms with Gasteiger partial charge in [-0.2, -0.15) is 0 Å². The van der Waals surface area contributed by atoms with Crippen LogP contribution in [-0.4, -0.2) is 29.3 Å². The van der Waals surface area contributed by atoms with Crippen molar-refractivity contribution in [1.29, 1.82) is 0 Å². The van der Waals surface area contributed by atoms with Gasteiger partial charge in [0.1, 0.15) is 0 Å². The van der Waals surface area contributed by atoms with Gasteiger partial charge in [0.15, 0.2) is 0 Å². The van der Waals surface area contributed by atoms with Gasteiger partial charge < -0.3 is 10.0 Å². The Balaban J connectivity index is 2.05. The number of anilines is 1. The molecule has 1 fully saturated rings. The molecule has 1 aliphatic heterocycles. The smallest absolute Gasteiger partial charge is 0.0737 e. The monoisotopic (exact) mass is 262 g/mol. The number of piperidine rings is 1. The predicted molar refractivity (Wildman–Crippen MR) is 74.2 cm³/mol. The SMILES string of the molecule is OC1CCCN(c2ccnc3cc(Cl)ccc23)C1. The second-order valence-electron chi connectivity index (χ2n) is 4.73. The fraction of sp³-hybridized carbons (Fsp3) is 0.357. The topological polar surface area (TPSA) is 36.4 Å². The van der Waals surface area contributed by atoms with Crippen LogP contribution in [0.4, 0.5) is 5.69 Å². The molecule has 1 aromatic carbocycles. The number of benzene rings is 1. The molecule has 18 heavy (non-hydrogen) atoms. The molecule has 0 aliphatic carbocycles. The summed E-state index contributed by atoms with van der Waals surface area (Å²) in [6, 6.07) is 7.77. The fourth-order valence-corrected chi connectivity index (χ4v) is 2.72. The summed E-state index contributed by atoms with van der Waals surface area (Å²) in [7, 11) is 0. The molecule has 1 saturated heterocycles. The predicted octanol–water partition coefficient (Wildman–Crippen LogP) is 2.85. The van der Waals surface area contributed by atoms with Gasteiger partial charge in [-0.3, -0.25) is 4.98 Å². The highest BCUT2D eigenvalue weighted by Gasteiger charge is 2.19. The lowest BCUT2D eigenvalue weighted by Crippen LogP contribution is -2.38. The number of β-amino-alcohol motifs (C(OH)–C–C–N with tert-alkyl or cyclic N) is 1. The Kier molecular flexibility index (Phi) is 3.10. The van der Waals surface area contributed by atoms with E-state index in [2.05, 4.69) is 9.88 Å². The Morgan fingerprint density at radius 3 is 3.06 bits per heavy atom. The highest BCUT2D eigenvalue weighted by Crippen LogP contribution is 2.29. The zero-order chi connectivity index (χ0) is 12.5. The van der Waals surface area contributed by atoms with Crippen LogP contribution in [0.5, 0.6) is 0 Å². The van der Waals surface area contributed by atoms with Crippen LogP contribution in [-0.2, 0) is 0 Å². The highest BCUT2D eigenvalue weighted by atomic mass is 35.5. The van der Waals surface area contributed by atoms with E-state index in [0.717, 1.165) is 36.0 Å². The maximum Gasteiger partial charge on any atom is 0.0737 e. The van der Waals surface area contributed by atoms with E-state index in [-0.39, 0.29) is 6.10 Å². The summed E-state index contributed by atoms with van der Waals surface area (Å²) in [5.74, 6) is 0. The third-order valence-electron chi connectivity index (χ3n) is 3.42. The second-order valence-corrected chi connectivity index (χ2v) is 5.17. The normalized spacial score (nSPS) is 20.3. The summed E-state index contributed by atoms with van der Waals surface area (Å²) >= 11 is 5.99. The molecule has 0 bridgehead atoms. The van der Waals surface area contributed by atoms with Crippen LogP contribution in [0, 0.1) is 0 Å². The van der Waals surface area contributed by atoms with E-state index in [9.17, 15) is 5.11 Å². The van der Waals surface area contributed by atoms with E-state index in [0.29, 0.717) is 11.6 Å². The van der Waals surface area contributed by atoms with Gasteiger partial charge in [0.05, 0.1) is 11.6 Å². The van der Waals surface area contributed by atoms with Crippen molar-refractivity contribution in [2.24, 2.45) is 0 Å². The molecule has 0 amide bonds. The molecular formula is C14H15ClN2O. The van der Waals surface area contributed by atoms with Crippen molar-refractivity contribution in [3.63, 3.8) is 0 Å². The molecule has 0 saturated carbocycles. The Morgan fingerprint density at radius 1 is 1.33 bits per heavy atom. The number of fused-ring (bicyclic) bond motifs is 1. The molecule has 4 heteroatoms. The lowest BCUT2D eigenvalue weighted by Gasteiger charge is -2.32. The van der Waals surface area contributed by atoms with E-state index < -0.39 is 0 Å². The maximum atomic E-state index is 9.78. The first-order valence-electron chi connectivity index (χ1n) is 6.21. The van der Waals surface area contributed by atoms with Gasteiger partial charge in [-0.15, -0.1) is 0 Å². The average Bonchev–Trinajstić information content (AvgIpc) is 2.37. The Labute approximate surface area is 111 Å². The summed E-state index contributed by atoms with van der Waals surface area (Å²) < 4.78 is 0. The van der Waals surface area contributed by atoms with Crippen LogP contribution in [0.1, 0.15) is 12.8 Å². The van der Waals surface area contributed by atoms with Gasteiger partial charge in [0.25, 0.3) is 0 Å². The molecule has 1 unspecified atom stereocenters. The fourth-order valence-electron chi connectivity index (χ4n) is 2.56. The number of aliphatic hydroxyl groups is 1. The van der Waals surface area contributed by atoms with E-state index in [4.69, 9.17) is 11.6 Å². The number of nitrogens with zero attached hydrogens (tertiary/aromatic N) is 2. The Morgan fingerprint density at radius 2 is 2.22 bits per heavy atom. The molecule has 1 aromatic heterocycles. The van der Waals surface area contributed by atoms with Crippen LogP contribution >= 0.6 is 11.6 Å². The summed E-state index contributed by atoms with van der Waals surface area (Å²) in [6.45, 7) is 1.68. The van der Waals surface area contributed by atoms with Crippen molar-refractivity contribution in [3.8, 4) is 0 Å². The number of hydrogen-bond donors (Lipinski definition) is 1. The Bertz CT molecular complexity index is 573. The summed E-state index contributed by atoms with van der Waals surface area (Å²) in [5.41, 5.74) is 2.04. The van der Waals surface area contributed by atoms with Crippen molar-refractivity contribution in [2.45, 2.75) is 18.9 Å². The Hall–Kier alpha value is -1.32. The molecule has 94 valence electrons. The first-order valence-corrected chi connectivity index (χ1v) is 6.59. The molecule has 2 heterocycles. The van der Waals surface area contributed by atoms with Crippen molar-refractivity contribution in [3.05, 3.63) is 35.5 Å². The van der Waals surface area contributed by atoms with E-state index in [1.54, 1.807) is 6.20 Å². The van der Waals surface area contributed by atoms with E-state index in [1.807, 2.05) is 24.3 Å². The number of aromatic nitrogens is 1. The van der Waals surface area contributed by atoms with Gasteiger partial charge in [-0.25, -0.2) is 0 Å². The minimum Gasteiger partial charge on any atom is -0.391 e. The standard InChI is InChI=1S/C14H15ClN2O/c15-10-3-4-12-13(8-10)16-6-5-14(12)17-7-1-2-11(18)9-17/h3-6,8,11,18H,1-2,7,9H2. The number of halogens is 1. The van der Waals surface area contributed by atoms with Crippen molar-refractivity contribution in [2.75, 3.05) is 18.0 Å². The molecule has 3 nitrogen and oxygen atoms in total. The van der Waals surface area contributed by atoms with Gasteiger partial charge in [-0.05, 0) is 37.1 Å². The quantitative estimate of drug-likeness (QED) is 0.859. The van der Waals surface area contributed by atoms with Gasteiger partial charge in [0.2, 0.25) is 0 Å². The van der Waals surface area contributed by atoms with Crippen LogP contribution in [0.15, 0.2) is 30.5 Å². The van der Waals surface area contributed by atoms with Crippen LogP contribution in [0.3, 0.4) is 0 Å². The van der Waals surface area contributed by atoms with E-state index in [1.165, 1.54) is 0 Å². The third kappa shape index (κ3) is 2.16. The largest absolute Gasteiger partial charge is 0.391 e. The molecule has 0 radical (unpaired) electrons. The van der Waals surface area contributed by atoms with Crippen LogP contribution < -0.4 is 4.90 Å². The molecule has 0 spiro atoms. The highest BCUT2D eigenvalue weighted by molar-refractivity contribution is 6.31. The van der Waals surface area contributed by atoms with Gasteiger partial charge in [0, 0.05) is 35.4 Å². The molecular weight excluding hydrogens is 248 g/mol. The van der Waals surface area contributed by atoms with Crippen molar-refractivity contribution < 1.29 is 5.11 Å². The molecule has 3 rings (SSSR count). The maximum absolute atomic E-state index is 9.78. The van der Waals surface area contributed by atoms with E-state index >= 15 is 0 Å². The molecule has 1 atom stereocenters.